The number of carbonyl (C=O) groups is 1. The predicted molar refractivity (Wildman–Crippen MR) is 86.8 cm³/mol. The van der Waals surface area contributed by atoms with Gasteiger partial charge in [-0.1, -0.05) is 46.3 Å². The van der Waals surface area contributed by atoms with Crippen LogP contribution in [-0.2, 0) is 24.3 Å². The lowest BCUT2D eigenvalue weighted by atomic mass is 10.1. The topological polar surface area (TPSA) is 47.6 Å². The lowest BCUT2D eigenvalue weighted by Gasteiger charge is -2.11. The van der Waals surface area contributed by atoms with Crippen LogP contribution >= 0.6 is 15.9 Å². The van der Waals surface area contributed by atoms with Crippen LogP contribution < -0.4 is 10.1 Å². The van der Waals surface area contributed by atoms with Crippen molar-refractivity contribution in [2.45, 2.75) is 19.6 Å². The Kier molecular flexibility index (Phi) is 4.63. The summed E-state index contributed by atoms with van der Waals surface area (Å²) < 4.78 is 11.8. The zero-order valence-corrected chi connectivity index (χ0v) is 13.6. The second kappa shape index (κ2) is 6.83. The molecule has 0 radical (unpaired) electrons. The molecule has 1 heterocycles. The Labute approximate surface area is 137 Å². The Morgan fingerprint density at radius 2 is 2.09 bits per heavy atom. The van der Waals surface area contributed by atoms with E-state index in [0.29, 0.717) is 13.2 Å². The molecule has 3 rings (SSSR count). The summed E-state index contributed by atoms with van der Waals surface area (Å²) in [6, 6.07) is 13.6. The number of alkyl carbamates (subject to hydrolysis) is 1. The van der Waals surface area contributed by atoms with Crippen LogP contribution in [0.5, 0.6) is 5.75 Å². The first-order chi connectivity index (χ1) is 10.7. The van der Waals surface area contributed by atoms with Gasteiger partial charge in [0.25, 0.3) is 0 Å². The molecule has 1 amide bonds. The zero-order valence-electron chi connectivity index (χ0n) is 12.0. The van der Waals surface area contributed by atoms with Gasteiger partial charge in [0.15, 0.2) is 0 Å². The molecule has 2 aromatic rings. The van der Waals surface area contributed by atoms with Gasteiger partial charge in [0.1, 0.15) is 12.4 Å². The highest BCUT2D eigenvalue weighted by Gasteiger charge is 2.17. The number of amides is 1. The number of carbonyl (C=O) groups excluding carboxylic acids is 1. The molecule has 0 aliphatic carbocycles. The average molecular weight is 362 g/mol. The van der Waals surface area contributed by atoms with Crippen molar-refractivity contribution in [3.8, 4) is 5.75 Å². The minimum absolute atomic E-state index is 0.264. The largest absolute Gasteiger partial charge is 0.493 e. The van der Waals surface area contributed by atoms with Gasteiger partial charge < -0.3 is 14.8 Å². The Balaban J connectivity index is 1.55. The quantitative estimate of drug-likeness (QED) is 0.900. The number of rotatable bonds is 4. The summed E-state index contributed by atoms with van der Waals surface area (Å²) in [6.45, 7) is 1.34. The van der Waals surface area contributed by atoms with Crippen LogP contribution in [0.25, 0.3) is 0 Å². The second-order valence-corrected chi connectivity index (χ2v) is 5.98. The maximum atomic E-state index is 11.8. The minimum atomic E-state index is -0.435. The number of ether oxygens (including phenoxy) is 2. The first-order valence-corrected chi connectivity index (χ1v) is 7.90. The van der Waals surface area contributed by atoms with Gasteiger partial charge in [0.2, 0.25) is 0 Å². The minimum Gasteiger partial charge on any atom is -0.493 e. The van der Waals surface area contributed by atoms with Gasteiger partial charge >= 0.3 is 6.09 Å². The van der Waals surface area contributed by atoms with Crippen molar-refractivity contribution in [1.29, 1.82) is 0 Å². The van der Waals surface area contributed by atoms with E-state index in [1.807, 2.05) is 36.4 Å². The van der Waals surface area contributed by atoms with E-state index in [1.165, 1.54) is 5.56 Å². The third-order valence-corrected chi connectivity index (χ3v) is 3.92. The van der Waals surface area contributed by atoms with Crippen molar-refractivity contribution in [1.82, 2.24) is 5.32 Å². The molecule has 5 heteroatoms. The van der Waals surface area contributed by atoms with Gasteiger partial charge in [0.05, 0.1) is 6.61 Å². The SMILES string of the molecule is O=C(NCc1cc(Br)cc2c1OCC2)OCc1ccccc1. The lowest BCUT2D eigenvalue weighted by Crippen LogP contribution is -2.23. The van der Waals surface area contributed by atoms with Crippen molar-refractivity contribution in [2.75, 3.05) is 6.61 Å². The summed E-state index contributed by atoms with van der Waals surface area (Å²) in [5.41, 5.74) is 3.09. The van der Waals surface area contributed by atoms with Gasteiger partial charge in [-0.25, -0.2) is 4.79 Å². The number of nitrogens with one attached hydrogen (secondary N) is 1. The van der Waals surface area contributed by atoms with Crippen LogP contribution in [0, 0.1) is 0 Å². The van der Waals surface area contributed by atoms with Gasteiger partial charge in [-0.15, -0.1) is 0 Å². The molecule has 4 nitrogen and oxygen atoms in total. The van der Waals surface area contributed by atoms with Gasteiger partial charge in [0, 0.05) is 23.0 Å². The monoisotopic (exact) mass is 361 g/mol. The molecule has 2 aromatic carbocycles. The third kappa shape index (κ3) is 3.60. The maximum Gasteiger partial charge on any atom is 0.407 e. The molecule has 0 fully saturated rings. The van der Waals surface area contributed by atoms with Crippen molar-refractivity contribution in [3.63, 3.8) is 0 Å². The fourth-order valence-corrected chi connectivity index (χ4v) is 2.97. The molecule has 1 aliphatic rings. The van der Waals surface area contributed by atoms with Crippen LogP contribution in [0.15, 0.2) is 46.9 Å². The molecule has 0 aromatic heterocycles. The van der Waals surface area contributed by atoms with E-state index < -0.39 is 6.09 Å². The van der Waals surface area contributed by atoms with E-state index in [-0.39, 0.29) is 6.61 Å². The molecule has 0 saturated carbocycles. The molecule has 0 atom stereocenters. The summed E-state index contributed by atoms with van der Waals surface area (Å²) in [7, 11) is 0. The Bertz CT molecular complexity index is 673. The molecule has 0 unspecified atom stereocenters. The van der Waals surface area contributed by atoms with E-state index >= 15 is 0 Å². The van der Waals surface area contributed by atoms with E-state index in [4.69, 9.17) is 9.47 Å². The van der Waals surface area contributed by atoms with Crippen LogP contribution in [0.3, 0.4) is 0 Å². The van der Waals surface area contributed by atoms with Gasteiger partial charge in [-0.3, -0.25) is 0 Å². The number of halogens is 1. The highest BCUT2D eigenvalue weighted by Crippen LogP contribution is 2.32. The van der Waals surface area contributed by atoms with Crippen LogP contribution in [0.1, 0.15) is 16.7 Å². The molecule has 1 N–H and O–H groups in total. The first kappa shape index (κ1) is 14.9. The molecule has 0 saturated heterocycles. The second-order valence-electron chi connectivity index (χ2n) is 5.07. The normalized spacial score (nSPS) is 12.4. The summed E-state index contributed by atoms with van der Waals surface area (Å²) in [5, 5.41) is 2.76. The summed E-state index contributed by atoms with van der Waals surface area (Å²) in [6.07, 6.45) is 0.468. The fourth-order valence-electron chi connectivity index (χ4n) is 2.42. The molecule has 114 valence electrons. The molecule has 0 spiro atoms. The van der Waals surface area contributed by atoms with Crippen molar-refractivity contribution in [2.24, 2.45) is 0 Å². The van der Waals surface area contributed by atoms with Gasteiger partial charge in [-0.2, -0.15) is 0 Å². The Hall–Kier alpha value is -2.01. The van der Waals surface area contributed by atoms with Crippen molar-refractivity contribution >= 4 is 22.0 Å². The third-order valence-electron chi connectivity index (χ3n) is 3.46. The van der Waals surface area contributed by atoms with E-state index in [9.17, 15) is 4.79 Å². The van der Waals surface area contributed by atoms with Crippen molar-refractivity contribution in [3.05, 3.63) is 63.6 Å². The average Bonchev–Trinajstić information content (AvgIpc) is 3.00. The summed E-state index contributed by atoms with van der Waals surface area (Å²) >= 11 is 3.48. The fraction of sp³-hybridized carbons (Fsp3) is 0.235. The Morgan fingerprint density at radius 1 is 1.27 bits per heavy atom. The molecular weight excluding hydrogens is 346 g/mol. The predicted octanol–water partition coefficient (Wildman–Crippen LogP) is 3.81. The molecular formula is C17H16BrNO3. The van der Waals surface area contributed by atoms with Crippen LogP contribution in [-0.4, -0.2) is 12.7 Å². The zero-order chi connectivity index (χ0) is 15.4. The highest BCUT2D eigenvalue weighted by molar-refractivity contribution is 9.10. The molecule has 1 aliphatic heterocycles. The van der Waals surface area contributed by atoms with Crippen molar-refractivity contribution < 1.29 is 14.3 Å². The summed E-state index contributed by atoms with van der Waals surface area (Å²) in [4.78, 5) is 11.8. The lowest BCUT2D eigenvalue weighted by molar-refractivity contribution is 0.139. The summed E-state index contributed by atoms with van der Waals surface area (Å²) in [5.74, 6) is 0.881. The standard InChI is InChI=1S/C17H16BrNO3/c18-15-8-13-6-7-21-16(13)14(9-15)10-19-17(20)22-11-12-4-2-1-3-5-12/h1-5,8-9H,6-7,10-11H2,(H,19,20). The number of benzene rings is 2. The number of hydrogen-bond acceptors (Lipinski definition) is 3. The number of hydrogen-bond donors (Lipinski definition) is 1. The molecule has 0 bridgehead atoms. The van der Waals surface area contributed by atoms with Crippen LogP contribution in [0.2, 0.25) is 0 Å². The van der Waals surface area contributed by atoms with Crippen LogP contribution in [0.4, 0.5) is 4.79 Å². The Morgan fingerprint density at radius 3 is 2.91 bits per heavy atom. The number of fused-ring (bicyclic) bond motifs is 1. The maximum absolute atomic E-state index is 11.8. The van der Waals surface area contributed by atoms with Gasteiger partial charge in [-0.05, 0) is 23.3 Å². The van der Waals surface area contributed by atoms with E-state index in [2.05, 4.69) is 27.3 Å². The smallest absolute Gasteiger partial charge is 0.407 e. The highest BCUT2D eigenvalue weighted by atomic mass is 79.9. The van der Waals surface area contributed by atoms with E-state index in [1.54, 1.807) is 0 Å². The molecule has 22 heavy (non-hydrogen) atoms. The van der Waals surface area contributed by atoms with E-state index in [0.717, 1.165) is 27.8 Å². The first-order valence-electron chi connectivity index (χ1n) is 7.11.